The first-order chi connectivity index (χ1) is 11.1. The van der Waals surface area contributed by atoms with Crippen LogP contribution in [-0.2, 0) is 9.59 Å². The molecule has 2 heterocycles. The van der Waals surface area contributed by atoms with E-state index in [1.54, 1.807) is 12.3 Å². The van der Waals surface area contributed by atoms with E-state index in [4.69, 9.17) is 0 Å². The highest BCUT2D eigenvalue weighted by atomic mass is 79.9. The maximum absolute atomic E-state index is 12.3. The molecule has 0 saturated carbocycles. The summed E-state index contributed by atoms with van der Waals surface area (Å²) < 4.78 is 0.876. The number of nitrogens with zero attached hydrogens (tertiary/aromatic N) is 2. The van der Waals surface area contributed by atoms with Gasteiger partial charge in [-0.1, -0.05) is 0 Å². The summed E-state index contributed by atoms with van der Waals surface area (Å²) >= 11 is 3.31. The molecule has 6 nitrogen and oxygen atoms in total. The molecule has 0 bridgehead atoms. The first-order valence-electron chi connectivity index (χ1n) is 7.95. The summed E-state index contributed by atoms with van der Waals surface area (Å²) in [6.07, 6.45) is 4.49. The molecule has 0 aliphatic carbocycles. The molecule has 0 unspecified atom stereocenters. The SMILES string of the molecule is CNCCCC(=O)N1CCC(C(=O)Nc2ccc(Br)cn2)CC1. The lowest BCUT2D eigenvalue weighted by Crippen LogP contribution is -2.41. The molecule has 23 heavy (non-hydrogen) atoms. The first-order valence-corrected chi connectivity index (χ1v) is 8.74. The second-order valence-corrected chi connectivity index (χ2v) is 6.63. The van der Waals surface area contributed by atoms with E-state index in [0.29, 0.717) is 38.2 Å². The fraction of sp³-hybridized carbons (Fsp3) is 0.562. The van der Waals surface area contributed by atoms with Crippen molar-refractivity contribution in [2.24, 2.45) is 5.92 Å². The lowest BCUT2D eigenvalue weighted by Gasteiger charge is -2.31. The van der Waals surface area contributed by atoms with Crippen molar-refractivity contribution in [2.45, 2.75) is 25.7 Å². The summed E-state index contributed by atoms with van der Waals surface area (Å²) in [6, 6.07) is 3.61. The average molecular weight is 383 g/mol. The third-order valence-corrected chi connectivity index (χ3v) is 4.48. The van der Waals surface area contributed by atoms with Crippen LogP contribution in [-0.4, -0.2) is 48.4 Å². The Morgan fingerprint density at radius 1 is 1.35 bits per heavy atom. The van der Waals surface area contributed by atoms with Crippen molar-refractivity contribution in [3.63, 3.8) is 0 Å². The molecule has 126 valence electrons. The summed E-state index contributed by atoms with van der Waals surface area (Å²) in [4.78, 5) is 30.3. The maximum atomic E-state index is 12.3. The number of hydrogen-bond donors (Lipinski definition) is 2. The highest BCUT2D eigenvalue weighted by molar-refractivity contribution is 9.10. The van der Waals surface area contributed by atoms with Crippen LogP contribution in [0.15, 0.2) is 22.8 Å². The molecule has 1 aliphatic heterocycles. The van der Waals surface area contributed by atoms with Crippen LogP contribution in [0.1, 0.15) is 25.7 Å². The van der Waals surface area contributed by atoms with Gasteiger partial charge in [0.25, 0.3) is 0 Å². The monoisotopic (exact) mass is 382 g/mol. The number of amides is 2. The average Bonchev–Trinajstić information content (AvgIpc) is 2.57. The van der Waals surface area contributed by atoms with E-state index >= 15 is 0 Å². The van der Waals surface area contributed by atoms with E-state index in [1.807, 2.05) is 18.0 Å². The van der Waals surface area contributed by atoms with Crippen molar-refractivity contribution in [2.75, 3.05) is 32.0 Å². The third-order valence-electron chi connectivity index (χ3n) is 4.01. The topological polar surface area (TPSA) is 74.3 Å². The summed E-state index contributed by atoms with van der Waals surface area (Å²) in [7, 11) is 1.88. The van der Waals surface area contributed by atoms with E-state index < -0.39 is 0 Å². The number of piperidine rings is 1. The molecule has 1 aromatic rings. The molecule has 1 fully saturated rings. The highest BCUT2D eigenvalue weighted by Gasteiger charge is 2.27. The summed E-state index contributed by atoms with van der Waals surface area (Å²) in [5.41, 5.74) is 0. The van der Waals surface area contributed by atoms with Crippen LogP contribution in [0.2, 0.25) is 0 Å². The van der Waals surface area contributed by atoms with E-state index in [9.17, 15) is 9.59 Å². The van der Waals surface area contributed by atoms with E-state index in [0.717, 1.165) is 17.4 Å². The van der Waals surface area contributed by atoms with Crippen LogP contribution >= 0.6 is 15.9 Å². The molecule has 0 radical (unpaired) electrons. The van der Waals surface area contributed by atoms with Crippen molar-refractivity contribution in [3.8, 4) is 0 Å². The van der Waals surface area contributed by atoms with Crippen LogP contribution in [0, 0.1) is 5.92 Å². The molecular formula is C16H23BrN4O2. The van der Waals surface area contributed by atoms with Gasteiger partial charge < -0.3 is 15.5 Å². The smallest absolute Gasteiger partial charge is 0.228 e. The zero-order valence-electron chi connectivity index (χ0n) is 13.3. The molecule has 0 spiro atoms. The molecule has 0 atom stereocenters. The summed E-state index contributed by atoms with van der Waals surface area (Å²) in [6.45, 7) is 2.17. The van der Waals surface area contributed by atoms with Gasteiger partial charge in [-0.25, -0.2) is 4.98 Å². The standard InChI is InChI=1S/C16H23BrN4O2/c1-18-8-2-3-15(22)21-9-6-12(7-10-21)16(23)20-14-5-4-13(17)11-19-14/h4-5,11-12,18H,2-3,6-10H2,1H3,(H,19,20,23). The van der Waals surface area contributed by atoms with Gasteiger partial charge in [0.1, 0.15) is 5.82 Å². The van der Waals surface area contributed by atoms with Crippen LogP contribution in [0.4, 0.5) is 5.82 Å². The summed E-state index contributed by atoms with van der Waals surface area (Å²) in [5.74, 6) is 0.682. The number of hydrogen-bond acceptors (Lipinski definition) is 4. The Morgan fingerprint density at radius 3 is 2.70 bits per heavy atom. The molecular weight excluding hydrogens is 360 g/mol. The van der Waals surface area contributed by atoms with Gasteiger partial charge >= 0.3 is 0 Å². The van der Waals surface area contributed by atoms with Crippen LogP contribution in [0.25, 0.3) is 0 Å². The number of likely N-dealkylation sites (tertiary alicyclic amines) is 1. The Kier molecular flexibility index (Phi) is 6.98. The van der Waals surface area contributed by atoms with Gasteiger partial charge in [-0.3, -0.25) is 9.59 Å². The lowest BCUT2D eigenvalue weighted by molar-refractivity contribution is -0.134. The highest BCUT2D eigenvalue weighted by Crippen LogP contribution is 2.20. The first kappa shape index (κ1) is 17.9. The number of aromatic nitrogens is 1. The Hall–Kier alpha value is -1.47. The Labute approximate surface area is 145 Å². The van der Waals surface area contributed by atoms with Gasteiger partial charge in [-0.2, -0.15) is 0 Å². The van der Waals surface area contributed by atoms with Crippen molar-refractivity contribution >= 4 is 33.6 Å². The number of halogens is 1. The Morgan fingerprint density at radius 2 is 2.09 bits per heavy atom. The van der Waals surface area contributed by atoms with Crippen molar-refractivity contribution < 1.29 is 9.59 Å². The molecule has 1 aromatic heterocycles. The van der Waals surface area contributed by atoms with Gasteiger partial charge in [0.15, 0.2) is 0 Å². The fourth-order valence-corrected chi connectivity index (χ4v) is 2.88. The Bertz CT molecular complexity index is 527. The minimum absolute atomic E-state index is 0.0119. The van der Waals surface area contributed by atoms with Crippen LogP contribution in [0.3, 0.4) is 0 Å². The Balaban J connectivity index is 1.76. The minimum Gasteiger partial charge on any atom is -0.343 e. The fourth-order valence-electron chi connectivity index (χ4n) is 2.64. The quantitative estimate of drug-likeness (QED) is 0.738. The van der Waals surface area contributed by atoms with Crippen molar-refractivity contribution in [3.05, 3.63) is 22.8 Å². The lowest BCUT2D eigenvalue weighted by atomic mass is 9.95. The van der Waals surface area contributed by atoms with Gasteiger partial charge in [-0.15, -0.1) is 0 Å². The van der Waals surface area contributed by atoms with E-state index in [2.05, 4.69) is 31.5 Å². The zero-order chi connectivity index (χ0) is 16.7. The molecule has 2 amide bonds. The number of pyridine rings is 1. The van der Waals surface area contributed by atoms with Crippen molar-refractivity contribution in [1.82, 2.24) is 15.2 Å². The van der Waals surface area contributed by atoms with Crippen LogP contribution < -0.4 is 10.6 Å². The number of carbonyl (C=O) groups excluding carboxylic acids is 2. The molecule has 1 saturated heterocycles. The number of nitrogens with one attached hydrogen (secondary N) is 2. The number of rotatable bonds is 6. The third kappa shape index (κ3) is 5.58. The van der Waals surface area contributed by atoms with Gasteiger partial charge in [0.2, 0.25) is 11.8 Å². The minimum atomic E-state index is -0.0539. The molecule has 7 heteroatoms. The van der Waals surface area contributed by atoms with Gasteiger partial charge in [0, 0.05) is 36.1 Å². The number of anilines is 1. The largest absolute Gasteiger partial charge is 0.343 e. The van der Waals surface area contributed by atoms with Gasteiger partial charge in [-0.05, 0) is 60.9 Å². The van der Waals surface area contributed by atoms with E-state index in [1.165, 1.54) is 0 Å². The zero-order valence-corrected chi connectivity index (χ0v) is 14.9. The second kappa shape index (κ2) is 8.98. The van der Waals surface area contributed by atoms with E-state index in [-0.39, 0.29) is 17.7 Å². The molecule has 2 N–H and O–H groups in total. The number of carbonyl (C=O) groups is 2. The normalized spacial score (nSPS) is 15.5. The summed E-state index contributed by atoms with van der Waals surface area (Å²) in [5, 5.41) is 5.88. The second-order valence-electron chi connectivity index (χ2n) is 5.71. The van der Waals surface area contributed by atoms with Gasteiger partial charge in [0.05, 0.1) is 0 Å². The molecule has 2 rings (SSSR count). The molecule has 1 aliphatic rings. The predicted molar refractivity (Wildman–Crippen MR) is 93.0 cm³/mol. The predicted octanol–water partition coefficient (Wildman–Crippen LogP) is 2.02. The maximum Gasteiger partial charge on any atom is 0.228 e. The molecule has 0 aromatic carbocycles. The van der Waals surface area contributed by atoms with Crippen molar-refractivity contribution in [1.29, 1.82) is 0 Å². The van der Waals surface area contributed by atoms with Crippen LogP contribution in [0.5, 0.6) is 0 Å².